The molecule has 0 spiro atoms. The average Bonchev–Trinajstić information content (AvgIpc) is 2.84. The van der Waals surface area contributed by atoms with Gasteiger partial charge in [0.15, 0.2) is 5.13 Å². The third kappa shape index (κ3) is 3.48. The smallest absolute Gasteiger partial charge is 0.240 e. The lowest BCUT2D eigenvalue weighted by Crippen LogP contribution is -2.37. The van der Waals surface area contributed by atoms with Crippen molar-refractivity contribution < 1.29 is 9.53 Å². The van der Waals surface area contributed by atoms with Gasteiger partial charge in [0, 0.05) is 30.0 Å². The van der Waals surface area contributed by atoms with Crippen LogP contribution in [0.5, 0.6) is 5.88 Å². The van der Waals surface area contributed by atoms with Crippen molar-refractivity contribution in [1.82, 2.24) is 19.9 Å². The first-order valence-electron chi connectivity index (χ1n) is 7.39. The molecular weight excluding hydrogens is 314 g/mol. The minimum atomic E-state index is -0.0574. The van der Waals surface area contributed by atoms with Gasteiger partial charge in [-0.2, -0.15) is 0 Å². The molecule has 1 N–H and O–H groups in total. The van der Waals surface area contributed by atoms with Crippen molar-refractivity contribution in [2.75, 3.05) is 25.5 Å². The molecule has 0 aliphatic carbocycles. The number of anilines is 1. The molecule has 2 aromatic rings. The summed E-state index contributed by atoms with van der Waals surface area (Å²) in [6.07, 6.45) is 2.31. The van der Waals surface area contributed by atoms with Crippen LogP contribution in [0.25, 0.3) is 0 Å². The standard InChI is InChI=1S/C15H19N5O2S/c1-9-10(2)23-15(18-9)19-13(21)7-20-5-4-12-11(6-20)14(22-3)17-8-16-12/h8H,4-7H2,1-3H3,(H,18,19,21). The third-order valence-electron chi connectivity index (χ3n) is 3.88. The van der Waals surface area contributed by atoms with Crippen LogP contribution >= 0.6 is 11.3 Å². The number of thiazole rings is 1. The van der Waals surface area contributed by atoms with Crippen LogP contribution in [-0.2, 0) is 17.8 Å². The zero-order valence-corrected chi connectivity index (χ0v) is 14.2. The van der Waals surface area contributed by atoms with Crippen molar-refractivity contribution in [2.45, 2.75) is 26.8 Å². The number of nitrogens with zero attached hydrogens (tertiary/aromatic N) is 4. The number of carbonyl (C=O) groups is 1. The van der Waals surface area contributed by atoms with Crippen LogP contribution in [0, 0.1) is 13.8 Å². The number of rotatable bonds is 4. The van der Waals surface area contributed by atoms with E-state index < -0.39 is 0 Å². The SMILES string of the molecule is COc1ncnc2c1CN(CC(=O)Nc1nc(C)c(C)s1)CC2. The van der Waals surface area contributed by atoms with Gasteiger partial charge in [-0.05, 0) is 13.8 Å². The summed E-state index contributed by atoms with van der Waals surface area (Å²) in [5.41, 5.74) is 2.92. The highest BCUT2D eigenvalue weighted by molar-refractivity contribution is 7.15. The van der Waals surface area contributed by atoms with Crippen molar-refractivity contribution in [3.05, 3.63) is 28.2 Å². The number of carbonyl (C=O) groups excluding carboxylic acids is 1. The maximum absolute atomic E-state index is 12.2. The van der Waals surface area contributed by atoms with Gasteiger partial charge in [0.2, 0.25) is 11.8 Å². The molecule has 23 heavy (non-hydrogen) atoms. The van der Waals surface area contributed by atoms with E-state index in [9.17, 15) is 4.79 Å². The zero-order valence-electron chi connectivity index (χ0n) is 13.4. The molecule has 3 heterocycles. The Labute approximate surface area is 138 Å². The summed E-state index contributed by atoms with van der Waals surface area (Å²) in [5, 5.41) is 3.52. The molecule has 1 aliphatic rings. The second-order valence-corrected chi connectivity index (χ2v) is 6.68. The highest BCUT2D eigenvalue weighted by Gasteiger charge is 2.23. The Kier molecular flexibility index (Phi) is 4.53. The predicted octanol–water partition coefficient (Wildman–Crippen LogP) is 1.56. The Hall–Kier alpha value is -2.06. The lowest BCUT2D eigenvalue weighted by Gasteiger charge is -2.27. The third-order valence-corrected chi connectivity index (χ3v) is 4.87. The van der Waals surface area contributed by atoms with E-state index in [0.29, 0.717) is 24.1 Å². The molecule has 3 rings (SSSR count). The number of hydrogen-bond acceptors (Lipinski definition) is 7. The Morgan fingerprint density at radius 3 is 2.96 bits per heavy atom. The van der Waals surface area contributed by atoms with Gasteiger partial charge >= 0.3 is 0 Å². The fraction of sp³-hybridized carbons (Fsp3) is 0.467. The number of amides is 1. The van der Waals surface area contributed by atoms with Crippen molar-refractivity contribution >= 4 is 22.4 Å². The number of nitrogens with one attached hydrogen (secondary N) is 1. The molecule has 122 valence electrons. The number of methoxy groups -OCH3 is 1. The lowest BCUT2D eigenvalue weighted by atomic mass is 10.1. The fourth-order valence-corrected chi connectivity index (χ4v) is 3.40. The number of aryl methyl sites for hydroxylation is 2. The summed E-state index contributed by atoms with van der Waals surface area (Å²) in [5.74, 6) is 0.532. The predicted molar refractivity (Wildman–Crippen MR) is 87.8 cm³/mol. The highest BCUT2D eigenvalue weighted by Crippen LogP contribution is 2.24. The molecule has 0 fully saturated rings. The molecule has 0 unspecified atom stereocenters. The topological polar surface area (TPSA) is 80.2 Å². The molecule has 1 amide bonds. The second-order valence-electron chi connectivity index (χ2n) is 5.48. The zero-order chi connectivity index (χ0) is 16.4. The van der Waals surface area contributed by atoms with Crippen molar-refractivity contribution in [2.24, 2.45) is 0 Å². The molecule has 0 aromatic carbocycles. The lowest BCUT2D eigenvalue weighted by molar-refractivity contribution is -0.117. The molecule has 0 radical (unpaired) electrons. The molecule has 0 saturated heterocycles. The van der Waals surface area contributed by atoms with Gasteiger partial charge in [-0.15, -0.1) is 11.3 Å². The first kappa shape index (κ1) is 15.8. The number of aromatic nitrogens is 3. The molecular formula is C15H19N5O2S. The minimum Gasteiger partial charge on any atom is -0.481 e. The van der Waals surface area contributed by atoms with E-state index in [1.165, 1.54) is 17.7 Å². The van der Waals surface area contributed by atoms with E-state index in [-0.39, 0.29) is 5.91 Å². The monoisotopic (exact) mass is 333 g/mol. The van der Waals surface area contributed by atoms with Crippen LogP contribution in [0.3, 0.4) is 0 Å². The van der Waals surface area contributed by atoms with Crippen LogP contribution in [0.4, 0.5) is 5.13 Å². The Morgan fingerprint density at radius 2 is 2.26 bits per heavy atom. The fourth-order valence-electron chi connectivity index (χ4n) is 2.57. The van der Waals surface area contributed by atoms with E-state index in [1.807, 2.05) is 13.8 Å². The Bertz CT molecular complexity index is 697. The van der Waals surface area contributed by atoms with Gasteiger partial charge in [-0.3, -0.25) is 9.69 Å². The Balaban J connectivity index is 1.64. The molecule has 2 aromatic heterocycles. The molecule has 8 heteroatoms. The van der Waals surface area contributed by atoms with Crippen molar-refractivity contribution in [1.29, 1.82) is 0 Å². The first-order chi connectivity index (χ1) is 11.1. The maximum Gasteiger partial charge on any atom is 0.240 e. The summed E-state index contributed by atoms with van der Waals surface area (Å²) in [4.78, 5) is 28.2. The van der Waals surface area contributed by atoms with Gasteiger partial charge in [-0.25, -0.2) is 15.0 Å². The van der Waals surface area contributed by atoms with Crippen LogP contribution in [0.2, 0.25) is 0 Å². The van der Waals surface area contributed by atoms with Crippen molar-refractivity contribution in [3.63, 3.8) is 0 Å². The Morgan fingerprint density at radius 1 is 1.43 bits per heavy atom. The van der Waals surface area contributed by atoms with Crippen LogP contribution in [0.1, 0.15) is 21.8 Å². The van der Waals surface area contributed by atoms with Gasteiger partial charge < -0.3 is 10.1 Å². The number of fused-ring (bicyclic) bond motifs is 1. The number of ether oxygens (including phenoxy) is 1. The summed E-state index contributed by atoms with van der Waals surface area (Å²) < 4.78 is 5.29. The summed E-state index contributed by atoms with van der Waals surface area (Å²) >= 11 is 1.50. The first-order valence-corrected chi connectivity index (χ1v) is 8.21. The van der Waals surface area contributed by atoms with Gasteiger partial charge in [0.1, 0.15) is 6.33 Å². The van der Waals surface area contributed by atoms with Crippen LogP contribution < -0.4 is 10.1 Å². The van der Waals surface area contributed by atoms with E-state index in [4.69, 9.17) is 4.74 Å². The average molecular weight is 333 g/mol. The maximum atomic E-state index is 12.2. The van der Waals surface area contributed by atoms with Gasteiger partial charge in [0.05, 0.1) is 25.0 Å². The summed E-state index contributed by atoms with van der Waals surface area (Å²) in [6.45, 7) is 5.65. The second kappa shape index (κ2) is 6.59. The van der Waals surface area contributed by atoms with Crippen LogP contribution in [0.15, 0.2) is 6.33 Å². The molecule has 0 bridgehead atoms. The van der Waals surface area contributed by atoms with Gasteiger partial charge in [-0.1, -0.05) is 0 Å². The molecule has 1 aliphatic heterocycles. The van der Waals surface area contributed by atoms with E-state index in [1.54, 1.807) is 7.11 Å². The van der Waals surface area contributed by atoms with E-state index >= 15 is 0 Å². The normalized spacial score (nSPS) is 14.4. The van der Waals surface area contributed by atoms with Crippen LogP contribution in [-0.4, -0.2) is 46.0 Å². The molecule has 0 atom stereocenters. The largest absolute Gasteiger partial charge is 0.481 e. The number of hydrogen-bond donors (Lipinski definition) is 1. The molecule has 0 saturated carbocycles. The molecule has 7 nitrogen and oxygen atoms in total. The summed E-state index contributed by atoms with van der Waals surface area (Å²) in [6, 6.07) is 0. The van der Waals surface area contributed by atoms with Crippen molar-refractivity contribution in [3.8, 4) is 5.88 Å². The highest BCUT2D eigenvalue weighted by atomic mass is 32.1. The van der Waals surface area contributed by atoms with E-state index in [2.05, 4.69) is 25.2 Å². The van der Waals surface area contributed by atoms with Gasteiger partial charge in [0.25, 0.3) is 0 Å². The minimum absolute atomic E-state index is 0.0574. The van der Waals surface area contributed by atoms with E-state index in [0.717, 1.165) is 34.8 Å². The summed E-state index contributed by atoms with van der Waals surface area (Å²) in [7, 11) is 1.60. The quantitative estimate of drug-likeness (QED) is 0.914.